The summed E-state index contributed by atoms with van der Waals surface area (Å²) in [5.41, 5.74) is -0.0103. The van der Waals surface area contributed by atoms with E-state index in [4.69, 9.17) is 9.52 Å². The van der Waals surface area contributed by atoms with Gasteiger partial charge in [0.1, 0.15) is 11.8 Å². The van der Waals surface area contributed by atoms with Crippen LogP contribution in [0.1, 0.15) is 36.4 Å². The van der Waals surface area contributed by atoms with Crippen LogP contribution in [0.3, 0.4) is 0 Å². The number of hydrogen-bond donors (Lipinski definition) is 3. The number of aryl methyl sites for hydroxylation is 1. The molecule has 0 fully saturated rings. The Kier molecular flexibility index (Phi) is 5.72. The average molecular weight is 332 g/mol. The van der Waals surface area contributed by atoms with Gasteiger partial charge in [-0.25, -0.2) is 17.9 Å². The number of rotatable bonds is 7. The van der Waals surface area contributed by atoms with Crippen LogP contribution in [0.5, 0.6) is 0 Å². The van der Waals surface area contributed by atoms with Gasteiger partial charge >= 0.3 is 5.97 Å². The standard InChI is InChI=1S/C13H20N2O6S/c1-7(2)5-10(13(17)18)15-12(16)9-6-11(21-8(9)3)22(19,20)14-4/h6-7,10,14H,5H2,1-4H3,(H,15,16)(H,17,18). The average Bonchev–Trinajstić information content (AvgIpc) is 2.80. The molecular formula is C13H20N2O6S. The SMILES string of the molecule is CNS(=O)(=O)c1cc(C(=O)NC(CC(C)C)C(=O)O)c(C)o1. The first-order valence-corrected chi connectivity index (χ1v) is 8.14. The van der Waals surface area contributed by atoms with E-state index < -0.39 is 33.0 Å². The molecule has 1 atom stereocenters. The summed E-state index contributed by atoms with van der Waals surface area (Å²) in [4.78, 5) is 23.3. The summed E-state index contributed by atoms with van der Waals surface area (Å²) >= 11 is 0. The minimum atomic E-state index is -3.81. The van der Waals surface area contributed by atoms with Crippen molar-refractivity contribution in [2.45, 2.75) is 38.3 Å². The lowest BCUT2D eigenvalue weighted by Gasteiger charge is -2.16. The fourth-order valence-electron chi connectivity index (χ4n) is 1.84. The quantitative estimate of drug-likeness (QED) is 0.675. The second-order valence-corrected chi connectivity index (χ2v) is 7.05. The van der Waals surface area contributed by atoms with Gasteiger partial charge in [-0.05, 0) is 26.3 Å². The van der Waals surface area contributed by atoms with E-state index in [-0.39, 0.29) is 23.7 Å². The van der Waals surface area contributed by atoms with Gasteiger partial charge in [-0.2, -0.15) is 0 Å². The maximum atomic E-state index is 12.1. The lowest BCUT2D eigenvalue weighted by molar-refractivity contribution is -0.139. The van der Waals surface area contributed by atoms with Crippen molar-refractivity contribution in [3.05, 3.63) is 17.4 Å². The van der Waals surface area contributed by atoms with Crippen molar-refractivity contribution in [1.82, 2.24) is 10.0 Å². The van der Waals surface area contributed by atoms with Gasteiger partial charge in [0.2, 0.25) is 5.09 Å². The molecule has 1 unspecified atom stereocenters. The molecule has 0 aliphatic rings. The van der Waals surface area contributed by atoms with Crippen molar-refractivity contribution in [2.75, 3.05) is 7.05 Å². The van der Waals surface area contributed by atoms with Gasteiger partial charge in [0, 0.05) is 6.07 Å². The van der Waals surface area contributed by atoms with Crippen molar-refractivity contribution in [3.63, 3.8) is 0 Å². The first kappa shape index (κ1) is 18.2. The van der Waals surface area contributed by atoms with Crippen LogP contribution >= 0.6 is 0 Å². The summed E-state index contributed by atoms with van der Waals surface area (Å²) in [6.45, 7) is 5.10. The van der Waals surface area contributed by atoms with E-state index >= 15 is 0 Å². The zero-order valence-electron chi connectivity index (χ0n) is 12.8. The van der Waals surface area contributed by atoms with Crippen LogP contribution in [0.2, 0.25) is 0 Å². The number of carbonyl (C=O) groups excluding carboxylic acids is 1. The predicted molar refractivity (Wildman–Crippen MR) is 78.0 cm³/mol. The number of carboxylic acids is 1. The van der Waals surface area contributed by atoms with Crippen LogP contribution in [-0.4, -0.2) is 38.5 Å². The molecule has 124 valence electrons. The summed E-state index contributed by atoms with van der Waals surface area (Å²) in [5, 5.41) is 11.1. The van der Waals surface area contributed by atoms with Crippen molar-refractivity contribution in [3.8, 4) is 0 Å². The van der Waals surface area contributed by atoms with Crippen molar-refractivity contribution in [1.29, 1.82) is 0 Å². The van der Waals surface area contributed by atoms with Crippen LogP contribution in [0.15, 0.2) is 15.6 Å². The van der Waals surface area contributed by atoms with E-state index in [1.165, 1.54) is 14.0 Å². The summed E-state index contributed by atoms with van der Waals surface area (Å²) in [6.07, 6.45) is 0.264. The van der Waals surface area contributed by atoms with Crippen LogP contribution < -0.4 is 10.0 Å². The molecule has 0 saturated carbocycles. The zero-order valence-corrected chi connectivity index (χ0v) is 13.7. The molecule has 0 aromatic carbocycles. The maximum absolute atomic E-state index is 12.1. The highest BCUT2D eigenvalue weighted by atomic mass is 32.2. The molecule has 0 aliphatic carbocycles. The fourth-order valence-corrected chi connectivity index (χ4v) is 2.55. The third kappa shape index (κ3) is 4.31. The Balaban J connectivity index is 3.01. The molecule has 0 bridgehead atoms. The Labute approximate surface area is 128 Å². The van der Waals surface area contributed by atoms with Crippen LogP contribution in [0.25, 0.3) is 0 Å². The van der Waals surface area contributed by atoms with E-state index in [2.05, 4.69) is 10.0 Å². The number of aliphatic carboxylic acids is 1. The Bertz CT molecular complexity index is 662. The maximum Gasteiger partial charge on any atom is 0.326 e. The Morgan fingerprint density at radius 3 is 2.41 bits per heavy atom. The van der Waals surface area contributed by atoms with Crippen molar-refractivity contribution >= 4 is 21.9 Å². The second-order valence-electron chi connectivity index (χ2n) is 5.24. The number of hydrogen-bond acceptors (Lipinski definition) is 5. The Morgan fingerprint density at radius 1 is 1.36 bits per heavy atom. The Hall–Kier alpha value is -1.87. The first-order valence-electron chi connectivity index (χ1n) is 6.66. The highest BCUT2D eigenvalue weighted by molar-refractivity contribution is 7.89. The van der Waals surface area contributed by atoms with E-state index in [9.17, 15) is 18.0 Å². The molecule has 0 saturated heterocycles. The lowest BCUT2D eigenvalue weighted by Crippen LogP contribution is -2.41. The van der Waals surface area contributed by atoms with E-state index in [1.807, 2.05) is 13.8 Å². The van der Waals surface area contributed by atoms with E-state index in [0.717, 1.165) is 6.07 Å². The van der Waals surface area contributed by atoms with Gasteiger partial charge in [0.25, 0.3) is 15.9 Å². The number of sulfonamides is 1. The summed E-state index contributed by atoms with van der Waals surface area (Å²) in [5.74, 6) is -1.66. The molecule has 1 aromatic heterocycles. The molecule has 1 aromatic rings. The Morgan fingerprint density at radius 2 is 1.95 bits per heavy atom. The van der Waals surface area contributed by atoms with Crippen molar-refractivity contribution < 1.29 is 27.5 Å². The largest absolute Gasteiger partial charge is 0.480 e. The minimum absolute atomic E-state index is 0.0103. The molecule has 9 heteroatoms. The number of nitrogens with one attached hydrogen (secondary N) is 2. The topological polar surface area (TPSA) is 126 Å². The normalized spacial score (nSPS) is 13.1. The molecule has 1 rings (SSSR count). The number of amides is 1. The minimum Gasteiger partial charge on any atom is -0.480 e. The van der Waals surface area contributed by atoms with Gasteiger partial charge in [-0.15, -0.1) is 0 Å². The summed E-state index contributed by atoms with van der Waals surface area (Å²) < 4.78 is 30.4. The number of carbonyl (C=O) groups is 2. The zero-order chi connectivity index (χ0) is 17.1. The van der Waals surface area contributed by atoms with Crippen LogP contribution in [0, 0.1) is 12.8 Å². The molecule has 0 radical (unpaired) electrons. The van der Waals surface area contributed by atoms with Gasteiger partial charge in [0.05, 0.1) is 5.56 Å². The van der Waals surface area contributed by atoms with E-state index in [0.29, 0.717) is 0 Å². The van der Waals surface area contributed by atoms with Crippen LogP contribution in [-0.2, 0) is 14.8 Å². The van der Waals surface area contributed by atoms with Gasteiger partial charge < -0.3 is 14.8 Å². The second kappa shape index (κ2) is 6.93. The summed E-state index contributed by atoms with van der Waals surface area (Å²) in [7, 11) is -2.59. The number of carboxylic acid groups (broad SMARTS) is 1. The van der Waals surface area contributed by atoms with Crippen molar-refractivity contribution in [2.24, 2.45) is 5.92 Å². The van der Waals surface area contributed by atoms with Gasteiger partial charge in [-0.1, -0.05) is 13.8 Å². The molecule has 22 heavy (non-hydrogen) atoms. The number of furan rings is 1. The molecule has 0 aliphatic heterocycles. The first-order chi connectivity index (χ1) is 10.1. The predicted octanol–water partition coefficient (Wildman–Crippen LogP) is 0.725. The highest BCUT2D eigenvalue weighted by Gasteiger charge is 2.26. The molecular weight excluding hydrogens is 312 g/mol. The molecule has 1 heterocycles. The third-order valence-corrected chi connectivity index (χ3v) is 4.25. The molecule has 1 amide bonds. The highest BCUT2D eigenvalue weighted by Crippen LogP contribution is 2.19. The monoisotopic (exact) mass is 332 g/mol. The van der Waals surface area contributed by atoms with E-state index in [1.54, 1.807) is 0 Å². The van der Waals surface area contributed by atoms with Gasteiger partial charge in [0.15, 0.2) is 0 Å². The van der Waals surface area contributed by atoms with Crippen LogP contribution in [0.4, 0.5) is 0 Å². The molecule has 3 N–H and O–H groups in total. The summed E-state index contributed by atoms with van der Waals surface area (Å²) in [6, 6.07) is 0.0243. The third-order valence-electron chi connectivity index (χ3n) is 2.98. The fraction of sp³-hybridized carbons (Fsp3) is 0.538. The molecule has 8 nitrogen and oxygen atoms in total. The smallest absolute Gasteiger partial charge is 0.326 e. The lowest BCUT2D eigenvalue weighted by atomic mass is 10.0. The molecule has 0 spiro atoms. The van der Waals surface area contributed by atoms with Gasteiger partial charge in [-0.3, -0.25) is 4.79 Å².